The molecule has 2 atom stereocenters. The van der Waals surface area contributed by atoms with E-state index in [-0.39, 0.29) is 32.0 Å². The van der Waals surface area contributed by atoms with Crippen molar-refractivity contribution in [1.82, 2.24) is 4.90 Å². The highest BCUT2D eigenvalue weighted by Crippen LogP contribution is 2.32. The summed E-state index contributed by atoms with van der Waals surface area (Å²) in [4.78, 5) is 37.6. The Labute approximate surface area is 181 Å². The van der Waals surface area contributed by atoms with Gasteiger partial charge in [0.05, 0.1) is 17.8 Å². The predicted molar refractivity (Wildman–Crippen MR) is 118 cm³/mol. The lowest BCUT2D eigenvalue weighted by Gasteiger charge is -2.29. The van der Waals surface area contributed by atoms with Crippen LogP contribution >= 0.6 is 35.7 Å². The van der Waals surface area contributed by atoms with E-state index in [1.807, 2.05) is 6.92 Å². The molecular weight excluding hydrogens is 422 g/mol. The number of methoxy groups -OCH3 is 1. The van der Waals surface area contributed by atoms with Crippen molar-refractivity contribution < 1.29 is 28.6 Å². The highest BCUT2D eigenvalue weighted by atomic mass is 32.2. The Morgan fingerprint density at radius 1 is 1.25 bits per heavy atom. The number of thiocarbonyl (C=S) groups is 1. The Hall–Kier alpha value is -0.840. The molecule has 0 bridgehead atoms. The van der Waals surface area contributed by atoms with Crippen LogP contribution in [0.3, 0.4) is 0 Å². The Morgan fingerprint density at radius 3 is 2.39 bits per heavy atom. The largest absolute Gasteiger partial charge is 0.463 e. The molecule has 0 saturated heterocycles. The van der Waals surface area contributed by atoms with Gasteiger partial charge in [-0.15, -0.1) is 11.8 Å². The molecule has 1 amide bonds. The van der Waals surface area contributed by atoms with Crippen LogP contribution in [0.15, 0.2) is 0 Å². The SMILES string of the molecule is CCSC(=S)SC(CC(CC(C)(C)OC=O)C(=O)OCCOC)C(=O)N(C)C. The molecule has 0 spiro atoms. The zero-order valence-electron chi connectivity index (χ0n) is 17.4. The third kappa shape index (κ3) is 11.2. The first-order valence-electron chi connectivity index (χ1n) is 8.89. The fourth-order valence-corrected chi connectivity index (χ4v) is 5.18. The molecule has 162 valence electrons. The number of nitrogens with zero attached hydrogens (tertiary/aromatic N) is 1. The van der Waals surface area contributed by atoms with E-state index >= 15 is 0 Å². The first-order chi connectivity index (χ1) is 13.1. The minimum absolute atomic E-state index is 0.115. The van der Waals surface area contributed by atoms with E-state index < -0.39 is 22.7 Å². The van der Waals surface area contributed by atoms with Gasteiger partial charge in [-0.2, -0.15) is 0 Å². The smallest absolute Gasteiger partial charge is 0.309 e. The number of hydrogen-bond acceptors (Lipinski definition) is 9. The summed E-state index contributed by atoms with van der Waals surface area (Å²) in [7, 11) is 4.84. The summed E-state index contributed by atoms with van der Waals surface area (Å²) in [6.45, 7) is 6.16. The molecule has 7 nitrogen and oxygen atoms in total. The lowest BCUT2D eigenvalue weighted by molar-refractivity contribution is -0.156. The fraction of sp³-hybridized carbons (Fsp3) is 0.778. The molecule has 0 aliphatic heterocycles. The molecule has 2 unspecified atom stereocenters. The lowest BCUT2D eigenvalue weighted by atomic mass is 9.89. The van der Waals surface area contributed by atoms with Gasteiger partial charge in [-0.05, 0) is 32.4 Å². The highest BCUT2D eigenvalue weighted by Gasteiger charge is 2.35. The topological polar surface area (TPSA) is 82.1 Å². The van der Waals surface area contributed by atoms with Gasteiger partial charge in [0.1, 0.15) is 15.7 Å². The van der Waals surface area contributed by atoms with Gasteiger partial charge < -0.3 is 19.1 Å². The van der Waals surface area contributed by atoms with Crippen LogP contribution in [0, 0.1) is 5.92 Å². The lowest BCUT2D eigenvalue weighted by Crippen LogP contribution is -2.38. The first-order valence-corrected chi connectivity index (χ1v) is 11.2. The van der Waals surface area contributed by atoms with Crippen LogP contribution < -0.4 is 0 Å². The van der Waals surface area contributed by atoms with Crippen LogP contribution in [-0.4, -0.2) is 77.8 Å². The van der Waals surface area contributed by atoms with Gasteiger partial charge in [0.25, 0.3) is 6.47 Å². The second-order valence-electron chi connectivity index (χ2n) is 6.79. The van der Waals surface area contributed by atoms with Crippen LogP contribution in [0.2, 0.25) is 0 Å². The molecule has 0 N–H and O–H groups in total. The predicted octanol–water partition coefficient (Wildman–Crippen LogP) is 2.75. The van der Waals surface area contributed by atoms with Crippen molar-refractivity contribution in [3.05, 3.63) is 0 Å². The minimum atomic E-state index is -0.873. The maximum atomic E-state index is 12.7. The van der Waals surface area contributed by atoms with E-state index in [1.54, 1.807) is 27.9 Å². The molecular formula is C18H31NO6S3. The molecule has 0 fully saturated rings. The number of esters is 1. The van der Waals surface area contributed by atoms with Crippen molar-refractivity contribution in [3.63, 3.8) is 0 Å². The van der Waals surface area contributed by atoms with Crippen LogP contribution in [0.4, 0.5) is 0 Å². The summed E-state index contributed by atoms with van der Waals surface area (Å²) in [6, 6.07) is 0. The van der Waals surface area contributed by atoms with Crippen molar-refractivity contribution in [2.75, 3.05) is 40.2 Å². The van der Waals surface area contributed by atoms with E-state index in [0.29, 0.717) is 10.0 Å². The molecule has 10 heteroatoms. The molecule has 28 heavy (non-hydrogen) atoms. The van der Waals surface area contributed by atoms with Crippen LogP contribution in [0.5, 0.6) is 0 Å². The number of carbonyl (C=O) groups excluding carboxylic acids is 3. The van der Waals surface area contributed by atoms with Crippen molar-refractivity contribution >= 4 is 57.6 Å². The molecule has 0 radical (unpaired) electrons. The Bertz CT molecular complexity index is 527. The average Bonchev–Trinajstić information content (AvgIpc) is 2.59. The van der Waals surface area contributed by atoms with E-state index in [9.17, 15) is 14.4 Å². The first kappa shape index (κ1) is 27.2. The maximum Gasteiger partial charge on any atom is 0.309 e. The van der Waals surface area contributed by atoms with Gasteiger partial charge in [0.2, 0.25) is 5.91 Å². The zero-order valence-corrected chi connectivity index (χ0v) is 19.8. The number of amides is 1. The Morgan fingerprint density at radius 2 is 1.89 bits per heavy atom. The zero-order chi connectivity index (χ0) is 21.7. The van der Waals surface area contributed by atoms with Gasteiger partial charge in [-0.3, -0.25) is 14.4 Å². The van der Waals surface area contributed by atoms with Gasteiger partial charge >= 0.3 is 5.97 Å². The number of thioether (sulfide) groups is 2. The highest BCUT2D eigenvalue weighted by molar-refractivity contribution is 8.47. The maximum absolute atomic E-state index is 12.7. The molecule has 0 aliphatic rings. The Kier molecular flexibility index (Phi) is 13.8. The second kappa shape index (κ2) is 14.2. The summed E-state index contributed by atoms with van der Waals surface area (Å²) < 4.78 is 15.9. The number of hydrogen-bond donors (Lipinski definition) is 0. The van der Waals surface area contributed by atoms with Gasteiger partial charge in [0, 0.05) is 21.2 Å². The summed E-state index contributed by atoms with van der Waals surface area (Å²) in [5, 5.41) is -0.534. The third-order valence-corrected chi connectivity index (χ3v) is 6.37. The molecule has 0 heterocycles. The third-order valence-electron chi connectivity index (χ3n) is 3.69. The quantitative estimate of drug-likeness (QED) is 0.181. The number of rotatable bonds is 13. The van der Waals surface area contributed by atoms with E-state index in [0.717, 1.165) is 5.75 Å². The number of ether oxygens (including phenoxy) is 3. The van der Waals surface area contributed by atoms with Crippen molar-refractivity contribution in [1.29, 1.82) is 0 Å². The van der Waals surface area contributed by atoms with Crippen molar-refractivity contribution in [2.24, 2.45) is 5.92 Å². The molecule has 0 aromatic carbocycles. The van der Waals surface area contributed by atoms with E-state index in [1.165, 1.54) is 35.5 Å². The molecule has 0 aromatic rings. The molecule has 0 aromatic heterocycles. The van der Waals surface area contributed by atoms with Gasteiger partial charge in [-0.1, -0.05) is 30.9 Å². The summed E-state index contributed by atoms with van der Waals surface area (Å²) in [5.74, 6) is -0.418. The molecule has 0 rings (SSSR count). The van der Waals surface area contributed by atoms with Gasteiger partial charge in [0.15, 0.2) is 0 Å². The number of carbonyl (C=O) groups is 3. The van der Waals surface area contributed by atoms with E-state index in [2.05, 4.69) is 0 Å². The molecule has 0 aliphatic carbocycles. The van der Waals surface area contributed by atoms with Crippen LogP contribution in [0.1, 0.15) is 33.6 Å². The monoisotopic (exact) mass is 453 g/mol. The molecule has 0 saturated carbocycles. The van der Waals surface area contributed by atoms with Crippen LogP contribution in [-0.2, 0) is 28.6 Å². The Balaban J connectivity index is 5.46. The fourth-order valence-electron chi connectivity index (χ4n) is 2.39. The second-order valence-corrected chi connectivity index (χ2v) is 10.5. The summed E-state index contributed by atoms with van der Waals surface area (Å²) in [5.41, 5.74) is -0.873. The van der Waals surface area contributed by atoms with Crippen molar-refractivity contribution in [2.45, 2.75) is 44.5 Å². The van der Waals surface area contributed by atoms with Gasteiger partial charge in [-0.25, -0.2) is 0 Å². The van der Waals surface area contributed by atoms with E-state index in [4.69, 9.17) is 26.4 Å². The minimum Gasteiger partial charge on any atom is -0.463 e. The van der Waals surface area contributed by atoms with Crippen LogP contribution in [0.25, 0.3) is 0 Å². The summed E-state index contributed by atoms with van der Waals surface area (Å²) in [6.07, 6.45) is 0.451. The summed E-state index contributed by atoms with van der Waals surface area (Å²) >= 11 is 8.10. The average molecular weight is 454 g/mol. The standard InChI is InChI=1S/C18H31NO6S3/c1-7-27-17(26)28-14(15(21)19(4)5)10-13(11-18(2,3)25-12-20)16(22)24-9-8-23-6/h12-14H,7-11H2,1-6H3. The normalized spacial score (nSPS) is 13.4. The van der Waals surface area contributed by atoms with Crippen molar-refractivity contribution in [3.8, 4) is 0 Å².